The summed E-state index contributed by atoms with van der Waals surface area (Å²) in [5, 5.41) is 3.34. The molecule has 0 spiro atoms. The third-order valence-corrected chi connectivity index (χ3v) is 4.23. The van der Waals surface area contributed by atoms with E-state index in [0.717, 1.165) is 12.8 Å². The van der Waals surface area contributed by atoms with E-state index in [1.54, 1.807) is 0 Å². The Morgan fingerprint density at radius 3 is 2.48 bits per heavy atom. The van der Waals surface area contributed by atoms with E-state index in [-0.39, 0.29) is 0 Å². The molecular weight excluding hydrogens is 323 g/mol. The lowest BCUT2D eigenvalue weighted by Gasteiger charge is -2.24. The van der Waals surface area contributed by atoms with E-state index >= 15 is 0 Å². The first-order valence-corrected chi connectivity index (χ1v) is 8.32. The Balaban J connectivity index is 1.63. The summed E-state index contributed by atoms with van der Waals surface area (Å²) in [6.45, 7) is 0. The number of aromatic nitrogens is 2. The minimum Gasteiger partial charge on any atom is -0.393 e. The largest absolute Gasteiger partial charge is 0.393 e. The number of hydrazine groups is 1. The molecule has 1 aromatic carbocycles. The highest BCUT2D eigenvalue weighted by Gasteiger charge is 2.16. The Hall–Kier alpha value is -2.90. The van der Waals surface area contributed by atoms with Crippen LogP contribution in [-0.4, -0.2) is 21.9 Å². The molecule has 0 unspecified atom stereocenters. The van der Waals surface area contributed by atoms with Gasteiger partial charge in [-0.1, -0.05) is 19.3 Å². The van der Waals surface area contributed by atoms with Crippen LogP contribution in [0.1, 0.15) is 42.5 Å². The van der Waals surface area contributed by atoms with Crippen LogP contribution in [0.2, 0.25) is 0 Å². The van der Waals surface area contributed by atoms with Gasteiger partial charge in [0.2, 0.25) is 0 Å². The van der Waals surface area contributed by atoms with E-state index in [2.05, 4.69) is 26.1 Å². The van der Waals surface area contributed by atoms with E-state index in [1.165, 1.54) is 49.9 Å². The molecule has 1 aromatic heterocycles. The maximum atomic E-state index is 12.9. The second-order valence-corrected chi connectivity index (χ2v) is 6.05. The zero-order valence-corrected chi connectivity index (χ0v) is 13.8. The molecule has 0 aliphatic heterocycles. The van der Waals surface area contributed by atoms with Crippen LogP contribution in [0, 0.1) is 5.82 Å². The average molecular weight is 344 g/mol. The molecule has 1 aliphatic rings. The monoisotopic (exact) mass is 344 g/mol. The number of hydrogen-bond acceptors (Lipinski definition) is 6. The lowest BCUT2D eigenvalue weighted by molar-refractivity contribution is 0.0962. The first-order valence-electron chi connectivity index (χ1n) is 8.32. The van der Waals surface area contributed by atoms with Gasteiger partial charge in [-0.25, -0.2) is 14.4 Å². The first-order chi connectivity index (χ1) is 12.1. The maximum Gasteiger partial charge on any atom is 0.269 e. The number of benzene rings is 1. The number of anilines is 3. The van der Waals surface area contributed by atoms with Gasteiger partial charge >= 0.3 is 0 Å². The highest BCUT2D eigenvalue weighted by molar-refractivity contribution is 5.95. The molecular formula is C17H21FN6O. The third kappa shape index (κ3) is 4.34. The van der Waals surface area contributed by atoms with E-state index in [4.69, 9.17) is 5.73 Å². The molecule has 1 fully saturated rings. The number of hydrogen-bond donors (Lipinski definition) is 4. The van der Waals surface area contributed by atoms with Crippen LogP contribution < -0.4 is 21.9 Å². The van der Waals surface area contributed by atoms with Crippen molar-refractivity contribution in [3.05, 3.63) is 42.0 Å². The van der Waals surface area contributed by atoms with Gasteiger partial charge < -0.3 is 11.1 Å². The van der Waals surface area contributed by atoms with Crippen LogP contribution >= 0.6 is 0 Å². The molecule has 25 heavy (non-hydrogen) atoms. The fraction of sp³-hybridized carbons (Fsp3) is 0.353. The van der Waals surface area contributed by atoms with E-state index in [1.807, 2.05) is 0 Å². The van der Waals surface area contributed by atoms with Gasteiger partial charge in [0.1, 0.15) is 17.8 Å². The maximum absolute atomic E-state index is 12.9. The van der Waals surface area contributed by atoms with Crippen molar-refractivity contribution in [1.82, 2.24) is 15.4 Å². The van der Waals surface area contributed by atoms with Crippen LogP contribution in [0.3, 0.4) is 0 Å². The highest BCUT2D eigenvalue weighted by atomic mass is 19.1. The zero-order valence-electron chi connectivity index (χ0n) is 13.8. The SMILES string of the molecule is Nc1c(NNC(=O)c2ccc(F)cc2)ncnc1NC1CCCCC1. The van der Waals surface area contributed by atoms with Crippen molar-refractivity contribution in [3.63, 3.8) is 0 Å². The number of rotatable bonds is 5. The number of carbonyl (C=O) groups is 1. The predicted molar refractivity (Wildman–Crippen MR) is 94.4 cm³/mol. The lowest BCUT2D eigenvalue weighted by Crippen LogP contribution is -2.30. The van der Waals surface area contributed by atoms with Gasteiger partial charge in [0.25, 0.3) is 5.91 Å². The summed E-state index contributed by atoms with van der Waals surface area (Å²) in [6, 6.07) is 5.59. The zero-order chi connectivity index (χ0) is 17.6. The molecule has 0 radical (unpaired) electrons. The minimum absolute atomic E-state index is 0.309. The highest BCUT2D eigenvalue weighted by Crippen LogP contribution is 2.26. The standard InChI is InChI=1S/C17H21FN6O/c18-12-8-6-11(7-9-12)17(25)24-23-16-14(19)15(20-10-21-16)22-13-4-2-1-3-5-13/h6-10,13H,1-5,19H2,(H,24,25)(H2,20,21,22,23). The minimum atomic E-state index is -0.417. The Morgan fingerprint density at radius 2 is 1.76 bits per heavy atom. The fourth-order valence-electron chi connectivity index (χ4n) is 2.84. The van der Waals surface area contributed by atoms with Crippen LogP contribution in [0.4, 0.5) is 21.7 Å². The van der Waals surface area contributed by atoms with Crippen LogP contribution in [0.5, 0.6) is 0 Å². The molecule has 3 rings (SSSR count). The molecule has 7 nitrogen and oxygen atoms in total. The molecule has 2 aromatic rings. The van der Waals surface area contributed by atoms with Crippen molar-refractivity contribution < 1.29 is 9.18 Å². The second-order valence-electron chi connectivity index (χ2n) is 6.05. The van der Waals surface area contributed by atoms with Crippen molar-refractivity contribution in [2.75, 3.05) is 16.5 Å². The number of halogens is 1. The molecule has 0 saturated heterocycles. The Bertz CT molecular complexity index is 730. The van der Waals surface area contributed by atoms with Crippen molar-refractivity contribution in [2.24, 2.45) is 0 Å². The average Bonchev–Trinajstić information content (AvgIpc) is 2.63. The summed E-state index contributed by atoms with van der Waals surface area (Å²) < 4.78 is 12.9. The smallest absolute Gasteiger partial charge is 0.269 e. The Labute approximate surface area is 145 Å². The quantitative estimate of drug-likeness (QED) is 0.622. The first kappa shape index (κ1) is 16.9. The summed E-state index contributed by atoms with van der Waals surface area (Å²) >= 11 is 0. The summed E-state index contributed by atoms with van der Waals surface area (Å²) in [5.41, 5.74) is 11.9. The summed E-state index contributed by atoms with van der Waals surface area (Å²) in [4.78, 5) is 20.3. The van der Waals surface area contributed by atoms with Crippen LogP contribution in [0.15, 0.2) is 30.6 Å². The van der Waals surface area contributed by atoms with Gasteiger partial charge in [0, 0.05) is 11.6 Å². The molecule has 0 atom stereocenters. The number of nitrogen functional groups attached to an aromatic ring is 1. The number of nitrogens with two attached hydrogens (primary N) is 1. The predicted octanol–water partition coefficient (Wildman–Crippen LogP) is 2.70. The molecule has 8 heteroatoms. The van der Waals surface area contributed by atoms with Gasteiger partial charge in [0.05, 0.1) is 0 Å². The molecule has 1 aliphatic carbocycles. The number of carbonyl (C=O) groups excluding carboxylic acids is 1. The molecule has 1 saturated carbocycles. The van der Waals surface area contributed by atoms with Crippen LogP contribution in [0.25, 0.3) is 0 Å². The van der Waals surface area contributed by atoms with Crippen molar-refractivity contribution in [1.29, 1.82) is 0 Å². The van der Waals surface area contributed by atoms with Gasteiger partial charge in [-0.05, 0) is 37.1 Å². The second kappa shape index (κ2) is 7.78. The van der Waals surface area contributed by atoms with Crippen molar-refractivity contribution >= 4 is 23.2 Å². The Morgan fingerprint density at radius 1 is 1.08 bits per heavy atom. The van der Waals surface area contributed by atoms with E-state index in [0.29, 0.717) is 28.9 Å². The van der Waals surface area contributed by atoms with Crippen molar-refractivity contribution in [2.45, 2.75) is 38.1 Å². The van der Waals surface area contributed by atoms with Crippen LogP contribution in [-0.2, 0) is 0 Å². The van der Waals surface area contributed by atoms with Gasteiger partial charge in [-0.15, -0.1) is 0 Å². The number of nitrogens with zero attached hydrogens (tertiary/aromatic N) is 2. The third-order valence-electron chi connectivity index (χ3n) is 4.23. The summed E-state index contributed by atoms with van der Waals surface area (Å²) in [5.74, 6) is 0.0481. The summed E-state index contributed by atoms with van der Waals surface area (Å²) in [6.07, 6.45) is 7.22. The topological polar surface area (TPSA) is 105 Å². The van der Waals surface area contributed by atoms with Gasteiger partial charge in [-0.3, -0.25) is 15.6 Å². The molecule has 0 bridgehead atoms. The number of amides is 1. The van der Waals surface area contributed by atoms with Gasteiger partial charge in [-0.2, -0.15) is 0 Å². The Kier molecular flexibility index (Phi) is 5.27. The molecule has 132 valence electrons. The van der Waals surface area contributed by atoms with E-state index < -0.39 is 11.7 Å². The normalized spacial score (nSPS) is 14.8. The van der Waals surface area contributed by atoms with Gasteiger partial charge in [0.15, 0.2) is 11.6 Å². The molecule has 1 heterocycles. The molecule has 5 N–H and O–H groups in total. The number of nitrogens with one attached hydrogen (secondary N) is 3. The van der Waals surface area contributed by atoms with E-state index in [9.17, 15) is 9.18 Å². The van der Waals surface area contributed by atoms with Crippen molar-refractivity contribution in [3.8, 4) is 0 Å². The summed E-state index contributed by atoms with van der Waals surface area (Å²) in [7, 11) is 0. The molecule has 1 amide bonds. The lowest BCUT2D eigenvalue weighted by atomic mass is 9.95. The fourth-order valence-corrected chi connectivity index (χ4v) is 2.84.